The van der Waals surface area contributed by atoms with Gasteiger partial charge in [-0.2, -0.15) is 5.10 Å². The first kappa shape index (κ1) is 23.9. The van der Waals surface area contributed by atoms with Crippen LogP contribution in [-0.4, -0.2) is 44.7 Å². The van der Waals surface area contributed by atoms with Gasteiger partial charge in [-0.1, -0.05) is 24.3 Å². The molecule has 7 heteroatoms. The summed E-state index contributed by atoms with van der Waals surface area (Å²) in [6.07, 6.45) is 3.36. The highest BCUT2D eigenvalue weighted by atomic mass is 19.1. The maximum atomic E-state index is 13.5. The summed E-state index contributed by atoms with van der Waals surface area (Å²) in [6, 6.07) is 20.5. The lowest BCUT2D eigenvalue weighted by Gasteiger charge is -2.32. The van der Waals surface area contributed by atoms with Crippen molar-refractivity contribution in [1.29, 1.82) is 0 Å². The molecule has 0 aliphatic carbocycles. The highest BCUT2D eigenvalue weighted by Crippen LogP contribution is 2.20. The van der Waals surface area contributed by atoms with Crippen LogP contribution in [0.25, 0.3) is 16.9 Å². The van der Waals surface area contributed by atoms with E-state index in [2.05, 4.69) is 57.6 Å². The summed E-state index contributed by atoms with van der Waals surface area (Å²) >= 11 is 0. The molecule has 184 valence electrons. The maximum absolute atomic E-state index is 13.5. The van der Waals surface area contributed by atoms with Crippen molar-refractivity contribution in [2.45, 2.75) is 39.3 Å². The van der Waals surface area contributed by atoms with Crippen molar-refractivity contribution in [3.8, 4) is 16.9 Å². The number of halogens is 1. The molecule has 2 aromatic carbocycles. The van der Waals surface area contributed by atoms with Gasteiger partial charge in [-0.3, -0.25) is 14.7 Å². The average Bonchev–Trinajstić information content (AvgIpc) is 3.23. The predicted octanol–water partition coefficient (Wildman–Crippen LogP) is 5.08. The van der Waals surface area contributed by atoms with E-state index in [-0.39, 0.29) is 17.8 Å². The van der Waals surface area contributed by atoms with Gasteiger partial charge in [0.1, 0.15) is 5.82 Å². The van der Waals surface area contributed by atoms with Crippen molar-refractivity contribution in [1.82, 2.24) is 25.0 Å². The van der Waals surface area contributed by atoms with Gasteiger partial charge in [-0.05, 0) is 74.7 Å². The van der Waals surface area contributed by atoms with Crippen molar-refractivity contribution < 1.29 is 9.18 Å². The minimum atomic E-state index is -0.307. The Bertz CT molecular complexity index is 1360. The van der Waals surface area contributed by atoms with E-state index in [1.165, 1.54) is 17.7 Å². The van der Waals surface area contributed by atoms with Crippen LogP contribution in [0.3, 0.4) is 0 Å². The number of benzene rings is 2. The van der Waals surface area contributed by atoms with E-state index in [1.807, 2.05) is 11.6 Å². The van der Waals surface area contributed by atoms with Gasteiger partial charge in [0.05, 0.1) is 22.6 Å². The van der Waals surface area contributed by atoms with Crippen LogP contribution >= 0.6 is 0 Å². The molecule has 1 amide bonds. The number of rotatable bonds is 6. The van der Waals surface area contributed by atoms with Crippen LogP contribution in [0.2, 0.25) is 0 Å². The Morgan fingerprint density at radius 2 is 1.83 bits per heavy atom. The second-order valence-corrected chi connectivity index (χ2v) is 9.48. The number of pyridine rings is 1. The van der Waals surface area contributed by atoms with Gasteiger partial charge in [0.15, 0.2) is 0 Å². The fourth-order valence-electron chi connectivity index (χ4n) is 4.79. The fraction of sp³-hybridized carbons (Fsp3) is 0.276. The van der Waals surface area contributed by atoms with E-state index >= 15 is 0 Å². The molecular weight excluding hydrogens is 453 g/mol. The van der Waals surface area contributed by atoms with E-state index in [4.69, 9.17) is 0 Å². The third-order valence-electron chi connectivity index (χ3n) is 6.64. The minimum Gasteiger partial charge on any atom is -0.349 e. The first-order valence-corrected chi connectivity index (χ1v) is 12.3. The summed E-state index contributed by atoms with van der Waals surface area (Å²) < 4.78 is 15.5. The molecule has 1 N–H and O–H groups in total. The minimum absolute atomic E-state index is 0.121. The SMILES string of the molecule is Cc1cc(C)n(-c2cccc(CN3CCC(NC(=O)c4ccc(-c5cccc(F)c5)nc4)CC3)c2)n1. The monoisotopic (exact) mass is 483 g/mol. The second kappa shape index (κ2) is 10.4. The summed E-state index contributed by atoms with van der Waals surface area (Å²) in [4.78, 5) is 19.5. The molecule has 36 heavy (non-hydrogen) atoms. The summed E-state index contributed by atoms with van der Waals surface area (Å²) in [7, 11) is 0. The number of carbonyl (C=O) groups excluding carboxylic acids is 1. The number of carbonyl (C=O) groups is 1. The fourth-order valence-corrected chi connectivity index (χ4v) is 4.79. The van der Waals surface area contributed by atoms with Gasteiger partial charge in [0.2, 0.25) is 0 Å². The Morgan fingerprint density at radius 3 is 2.53 bits per heavy atom. The molecule has 0 atom stereocenters. The molecule has 4 aromatic rings. The first-order chi connectivity index (χ1) is 17.4. The third kappa shape index (κ3) is 5.52. The Kier molecular flexibility index (Phi) is 6.91. The molecule has 0 bridgehead atoms. The molecule has 1 saturated heterocycles. The quantitative estimate of drug-likeness (QED) is 0.415. The Balaban J connectivity index is 1.14. The van der Waals surface area contributed by atoms with Crippen LogP contribution in [0.1, 0.15) is 40.2 Å². The first-order valence-electron chi connectivity index (χ1n) is 12.3. The highest BCUT2D eigenvalue weighted by molar-refractivity contribution is 5.94. The molecule has 1 aliphatic rings. The zero-order chi connectivity index (χ0) is 25.1. The van der Waals surface area contributed by atoms with E-state index in [9.17, 15) is 9.18 Å². The normalized spacial score (nSPS) is 14.6. The van der Waals surface area contributed by atoms with Crippen LogP contribution in [0.4, 0.5) is 4.39 Å². The third-order valence-corrected chi connectivity index (χ3v) is 6.64. The van der Waals surface area contributed by atoms with E-state index < -0.39 is 0 Å². The second-order valence-electron chi connectivity index (χ2n) is 9.48. The molecule has 0 spiro atoms. The number of likely N-dealkylation sites (tertiary alicyclic amines) is 1. The topological polar surface area (TPSA) is 63.0 Å². The standard InChI is InChI=1S/C29H30FN5O/c1-20-15-21(2)35(33-20)27-8-3-5-22(16-27)19-34-13-11-26(12-14-34)32-29(36)24-9-10-28(31-18-24)23-6-4-7-25(30)17-23/h3-10,15-18,26H,11-14,19H2,1-2H3,(H,32,36). The lowest BCUT2D eigenvalue weighted by Crippen LogP contribution is -2.44. The summed E-state index contributed by atoms with van der Waals surface area (Å²) in [6.45, 7) is 6.80. The number of nitrogens with zero attached hydrogens (tertiary/aromatic N) is 4. The van der Waals surface area contributed by atoms with Gasteiger partial charge >= 0.3 is 0 Å². The largest absolute Gasteiger partial charge is 0.349 e. The molecule has 1 aliphatic heterocycles. The van der Waals surface area contributed by atoms with Crippen molar-refractivity contribution in [2.24, 2.45) is 0 Å². The van der Waals surface area contributed by atoms with E-state index in [0.29, 0.717) is 16.8 Å². The van der Waals surface area contributed by atoms with E-state index in [0.717, 1.165) is 49.6 Å². The number of aromatic nitrogens is 3. The molecule has 0 radical (unpaired) electrons. The number of amides is 1. The molecule has 2 aromatic heterocycles. The van der Waals surface area contributed by atoms with Crippen molar-refractivity contribution >= 4 is 5.91 Å². The maximum Gasteiger partial charge on any atom is 0.253 e. The molecule has 6 nitrogen and oxygen atoms in total. The lowest BCUT2D eigenvalue weighted by molar-refractivity contribution is 0.0908. The van der Waals surface area contributed by atoms with Crippen LogP contribution in [0, 0.1) is 19.7 Å². The van der Waals surface area contributed by atoms with Gasteiger partial charge in [0, 0.05) is 43.1 Å². The van der Waals surface area contributed by atoms with Crippen LogP contribution in [0.5, 0.6) is 0 Å². The number of hydrogen-bond donors (Lipinski definition) is 1. The molecule has 0 saturated carbocycles. The smallest absolute Gasteiger partial charge is 0.253 e. The predicted molar refractivity (Wildman–Crippen MR) is 138 cm³/mol. The number of piperidine rings is 1. The lowest BCUT2D eigenvalue weighted by atomic mass is 10.0. The zero-order valence-electron chi connectivity index (χ0n) is 20.6. The van der Waals surface area contributed by atoms with Crippen LogP contribution in [-0.2, 0) is 6.54 Å². The summed E-state index contributed by atoms with van der Waals surface area (Å²) in [5.74, 6) is -0.428. The molecular formula is C29H30FN5O. The Labute approximate surface area is 210 Å². The molecule has 0 unspecified atom stereocenters. The van der Waals surface area contributed by atoms with Crippen LogP contribution < -0.4 is 5.32 Å². The van der Waals surface area contributed by atoms with Gasteiger partial charge < -0.3 is 5.32 Å². The Morgan fingerprint density at radius 1 is 1.03 bits per heavy atom. The van der Waals surface area contributed by atoms with Crippen molar-refractivity contribution in [3.63, 3.8) is 0 Å². The average molecular weight is 484 g/mol. The molecule has 1 fully saturated rings. The van der Waals surface area contributed by atoms with Gasteiger partial charge in [-0.25, -0.2) is 9.07 Å². The Hall–Kier alpha value is -3.84. The van der Waals surface area contributed by atoms with Gasteiger partial charge in [0.25, 0.3) is 5.91 Å². The van der Waals surface area contributed by atoms with Gasteiger partial charge in [-0.15, -0.1) is 0 Å². The summed E-state index contributed by atoms with van der Waals surface area (Å²) in [5, 5.41) is 7.75. The molecule has 5 rings (SSSR count). The molecule has 3 heterocycles. The highest BCUT2D eigenvalue weighted by Gasteiger charge is 2.21. The zero-order valence-corrected chi connectivity index (χ0v) is 20.6. The number of hydrogen-bond acceptors (Lipinski definition) is 4. The number of aryl methyl sites for hydroxylation is 2. The number of nitrogens with one attached hydrogen (secondary N) is 1. The summed E-state index contributed by atoms with van der Waals surface area (Å²) in [5.41, 5.74) is 6.32. The van der Waals surface area contributed by atoms with Crippen molar-refractivity contribution in [2.75, 3.05) is 13.1 Å². The van der Waals surface area contributed by atoms with Crippen molar-refractivity contribution in [3.05, 3.63) is 101 Å². The van der Waals surface area contributed by atoms with Crippen LogP contribution in [0.15, 0.2) is 72.9 Å². The van der Waals surface area contributed by atoms with E-state index in [1.54, 1.807) is 30.5 Å².